The molecule has 0 aliphatic carbocycles. The van der Waals surface area contributed by atoms with Crippen molar-refractivity contribution >= 4 is 33.6 Å². The van der Waals surface area contributed by atoms with Crippen molar-refractivity contribution in [1.82, 2.24) is 4.90 Å². The highest BCUT2D eigenvalue weighted by molar-refractivity contribution is 7.86. The number of rotatable bonds is 5. The second-order valence-electron chi connectivity index (χ2n) is 9.20. The minimum atomic E-state index is -4.85. The van der Waals surface area contributed by atoms with Crippen molar-refractivity contribution in [3.8, 4) is 0 Å². The first-order valence-corrected chi connectivity index (χ1v) is 14.2. The van der Waals surface area contributed by atoms with Gasteiger partial charge in [0.15, 0.2) is 0 Å². The van der Waals surface area contributed by atoms with Crippen LogP contribution in [0.5, 0.6) is 0 Å². The number of amides is 1. The van der Waals surface area contributed by atoms with Crippen LogP contribution in [-0.4, -0.2) is 38.4 Å². The zero-order chi connectivity index (χ0) is 28.0. The fourth-order valence-electron chi connectivity index (χ4n) is 4.72. The van der Waals surface area contributed by atoms with Crippen molar-refractivity contribution in [2.45, 2.75) is 77.3 Å². The maximum absolute atomic E-state index is 14.2. The summed E-state index contributed by atoms with van der Waals surface area (Å²) in [6.07, 6.45) is 4.19. The molecule has 37 heavy (non-hydrogen) atoms. The molecule has 2 aromatic rings. The molecular weight excluding hydrogens is 496 g/mol. The average Bonchev–Trinajstić information content (AvgIpc) is 3.11. The summed E-state index contributed by atoms with van der Waals surface area (Å²) in [6, 6.07) is 7.04. The van der Waals surface area contributed by atoms with Crippen LogP contribution in [0.1, 0.15) is 74.9 Å². The third kappa shape index (κ3) is 6.57. The fourth-order valence-corrected chi connectivity index (χ4v) is 5.38. The van der Waals surface area contributed by atoms with Crippen molar-refractivity contribution in [1.29, 1.82) is 0 Å². The molecule has 1 amide bonds. The molecule has 4 rings (SSSR count). The lowest BCUT2D eigenvalue weighted by molar-refractivity contribution is -0.127. The Hall–Kier alpha value is -2.78. The lowest BCUT2D eigenvalue weighted by Gasteiger charge is -2.42. The number of halogens is 2. The van der Waals surface area contributed by atoms with E-state index >= 15 is 0 Å². The van der Waals surface area contributed by atoms with Crippen molar-refractivity contribution in [3.05, 3.63) is 59.4 Å². The number of likely N-dealkylation sites (tertiary alicyclic amines) is 1. The van der Waals surface area contributed by atoms with Gasteiger partial charge in [-0.05, 0) is 74.7 Å². The van der Waals surface area contributed by atoms with Gasteiger partial charge in [-0.25, -0.2) is 4.39 Å². The fraction of sp³-hybridized carbons (Fsp3) is 0.464. The Bertz CT molecular complexity index is 1250. The number of piperidine rings is 1. The van der Waals surface area contributed by atoms with Crippen molar-refractivity contribution in [2.24, 2.45) is 0 Å². The SMILES string of the molecule is C=Cc1cc(N[C@@H]2CCCN(C3(C)C(=O)Nc4c(C)cc(F)cc43)C2)ccc1S(=O)(=O)F.CC.CCC.[HH].[HH].[HH]. The van der Waals surface area contributed by atoms with Gasteiger partial charge >= 0.3 is 10.2 Å². The first-order valence-electron chi connectivity index (χ1n) is 12.8. The highest BCUT2D eigenvalue weighted by Crippen LogP contribution is 2.43. The van der Waals surface area contributed by atoms with Crippen molar-refractivity contribution < 1.29 is 25.8 Å². The van der Waals surface area contributed by atoms with Crippen LogP contribution in [-0.2, 0) is 20.6 Å². The molecule has 2 aromatic carbocycles. The molecule has 1 fully saturated rings. The molecule has 0 radical (unpaired) electrons. The van der Waals surface area contributed by atoms with E-state index in [1.807, 2.05) is 25.7 Å². The number of nitrogens with zero attached hydrogens (tertiary/aromatic N) is 1. The Balaban J connectivity index is 0. The standard InChI is InChI=1S/C23H25F2N3O3S.C3H8.C2H6.3H2/c1-4-15-11-17(7-8-20(15)32(25,30)31)26-18-6-5-9-28(13-18)23(3)19-12-16(24)10-14(2)21(19)27-22(23)29;1-3-2;1-2;;;/h4,7-8,10-12,18,26H,1,5-6,9,13H2,2-3H3,(H,27,29);3H2,1-2H3;1-2H3;3*1H/t18-,23?;;;;;/m1...../s1. The van der Waals surface area contributed by atoms with Gasteiger partial charge in [-0.2, -0.15) is 8.42 Å². The molecule has 2 N–H and O–H groups in total. The third-order valence-electron chi connectivity index (χ3n) is 6.42. The molecule has 0 spiro atoms. The molecule has 210 valence electrons. The van der Waals surface area contributed by atoms with Crippen LogP contribution < -0.4 is 10.6 Å². The van der Waals surface area contributed by atoms with Gasteiger partial charge in [0.2, 0.25) is 5.91 Å². The summed E-state index contributed by atoms with van der Waals surface area (Å²) in [7, 11) is -4.85. The van der Waals surface area contributed by atoms with Crippen molar-refractivity contribution in [3.63, 3.8) is 0 Å². The first kappa shape index (κ1) is 30.4. The Morgan fingerprint density at radius 2 is 1.92 bits per heavy atom. The van der Waals surface area contributed by atoms with E-state index in [0.29, 0.717) is 35.6 Å². The summed E-state index contributed by atoms with van der Waals surface area (Å²) >= 11 is 0. The number of carbonyl (C=O) groups excluding carboxylic acids is 1. The monoisotopic (exact) mass is 541 g/mol. The number of hydrogen-bond acceptors (Lipinski definition) is 5. The van der Waals surface area contributed by atoms with Gasteiger partial charge in [0.25, 0.3) is 0 Å². The van der Waals surface area contributed by atoms with Crippen LogP contribution in [0.25, 0.3) is 6.08 Å². The predicted molar refractivity (Wildman–Crippen MR) is 154 cm³/mol. The Morgan fingerprint density at radius 1 is 1.27 bits per heavy atom. The smallest absolute Gasteiger partial charge is 0.332 e. The highest BCUT2D eigenvalue weighted by Gasteiger charge is 2.49. The molecule has 1 unspecified atom stereocenters. The van der Waals surface area contributed by atoms with Gasteiger partial charge in [-0.3, -0.25) is 9.69 Å². The molecule has 6 nitrogen and oxygen atoms in total. The summed E-state index contributed by atoms with van der Waals surface area (Å²) in [5.74, 6) is -0.566. The van der Waals surface area contributed by atoms with Gasteiger partial charge in [0.1, 0.15) is 16.3 Å². The average molecular weight is 542 g/mol. The van der Waals surface area contributed by atoms with E-state index in [4.69, 9.17) is 0 Å². The van der Waals surface area contributed by atoms with Crippen LogP contribution >= 0.6 is 0 Å². The minimum absolute atomic E-state index is 0. The van der Waals surface area contributed by atoms with Gasteiger partial charge in [-0.1, -0.05) is 46.8 Å². The summed E-state index contributed by atoms with van der Waals surface area (Å²) < 4.78 is 50.3. The van der Waals surface area contributed by atoms with Gasteiger partial charge in [0.05, 0.1) is 0 Å². The summed E-state index contributed by atoms with van der Waals surface area (Å²) in [6.45, 7) is 16.6. The van der Waals surface area contributed by atoms with E-state index in [2.05, 4.69) is 31.1 Å². The maximum Gasteiger partial charge on any atom is 0.332 e. The maximum atomic E-state index is 14.2. The number of benzene rings is 2. The highest BCUT2D eigenvalue weighted by atomic mass is 32.3. The molecule has 2 atom stereocenters. The van der Waals surface area contributed by atoms with E-state index in [1.165, 1.54) is 42.8 Å². The van der Waals surface area contributed by atoms with E-state index in [1.54, 1.807) is 6.92 Å². The quantitative estimate of drug-likeness (QED) is 0.387. The van der Waals surface area contributed by atoms with E-state index < -0.39 is 20.7 Å². The van der Waals surface area contributed by atoms with E-state index in [0.717, 1.165) is 12.8 Å². The van der Waals surface area contributed by atoms with Crippen LogP contribution in [0.3, 0.4) is 0 Å². The Morgan fingerprint density at radius 3 is 2.51 bits per heavy atom. The lowest BCUT2D eigenvalue weighted by atomic mass is 9.87. The minimum Gasteiger partial charge on any atom is -0.381 e. The van der Waals surface area contributed by atoms with Gasteiger partial charge < -0.3 is 10.6 Å². The van der Waals surface area contributed by atoms with Crippen molar-refractivity contribution in [2.75, 3.05) is 23.7 Å². The molecule has 9 heteroatoms. The second-order valence-corrected chi connectivity index (χ2v) is 10.5. The molecule has 0 bridgehead atoms. The van der Waals surface area contributed by atoms with Crippen LogP contribution in [0.2, 0.25) is 0 Å². The van der Waals surface area contributed by atoms with Gasteiger partial charge in [-0.15, -0.1) is 3.89 Å². The van der Waals surface area contributed by atoms with Gasteiger partial charge in [0, 0.05) is 33.8 Å². The summed E-state index contributed by atoms with van der Waals surface area (Å²) in [4.78, 5) is 14.6. The number of aryl methyl sites for hydroxylation is 1. The normalized spacial score (nSPS) is 21.0. The molecule has 2 aliphatic heterocycles. The first-order chi connectivity index (χ1) is 17.4. The number of carbonyl (C=O) groups is 1. The number of nitrogens with one attached hydrogen (secondary N) is 2. The predicted octanol–water partition coefficient (Wildman–Crippen LogP) is 7.36. The zero-order valence-corrected chi connectivity index (χ0v) is 23.4. The Labute approximate surface area is 224 Å². The Kier molecular flexibility index (Phi) is 10.4. The zero-order valence-electron chi connectivity index (χ0n) is 22.6. The summed E-state index contributed by atoms with van der Waals surface area (Å²) in [5.41, 5.74) is 1.78. The molecule has 2 aliphatic rings. The lowest BCUT2D eigenvalue weighted by Crippen LogP contribution is -2.55. The van der Waals surface area contributed by atoms with E-state index in [-0.39, 0.29) is 27.6 Å². The van der Waals surface area contributed by atoms with E-state index in [9.17, 15) is 21.5 Å². The second kappa shape index (κ2) is 12.6. The summed E-state index contributed by atoms with van der Waals surface area (Å²) in [5, 5.41) is 6.26. The third-order valence-corrected chi connectivity index (χ3v) is 7.32. The van der Waals surface area contributed by atoms with Crippen LogP contribution in [0.4, 0.5) is 19.7 Å². The molecule has 0 aromatic heterocycles. The number of fused-ring (bicyclic) bond motifs is 1. The van der Waals surface area contributed by atoms with Crippen LogP contribution in [0, 0.1) is 12.7 Å². The number of hydrogen-bond donors (Lipinski definition) is 2. The molecule has 2 heterocycles. The number of anilines is 2. The topological polar surface area (TPSA) is 78.5 Å². The molecule has 0 saturated carbocycles. The molecular formula is C28H45F2N3O3S. The largest absolute Gasteiger partial charge is 0.381 e. The van der Waals surface area contributed by atoms with Crippen LogP contribution in [0.15, 0.2) is 41.8 Å². The molecule has 1 saturated heterocycles.